The van der Waals surface area contributed by atoms with Crippen LogP contribution < -0.4 is 11.4 Å². The van der Waals surface area contributed by atoms with Crippen LogP contribution in [0.5, 0.6) is 0 Å². The Balaban J connectivity index is 2.45. The Hall–Kier alpha value is -1.33. The minimum atomic E-state index is -4.42. The van der Waals surface area contributed by atoms with Crippen molar-refractivity contribution in [1.29, 1.82) is 0 Å². The Labute approximate surface area is 182 Å². The summed E-state index contributed by atoms with van der Waals surface area (Å²) in [6.45, 7) is 9.37. The summed E-state index contributed by atoms with van der Waals surface area (Å²) in [6.07, 6.45) is -1.93. The molecule has 0 bridgehead atoms. The number of nitrogen functional groups attached to an aromatic ring is 1. The van der Waals surface area contributed by atoms with Crippen LogP contribution >= 0.6 is 7.82 Å². The Morgan fingerprint density at radius 1 is 1.29 bits per heavy atom. The van der Waals surface area contributed by atoms with Gasteiger partial charge in [-0.15, -0.1) is 0 Å². The van der Waals surface area contributed by atoms with Gasteiger partial charge in [0.05, 0.1) is 25.4 Å². The molecule has 1 aliphatic heterocycles. The number of aryl methyl sites for hydroxylation is 1. The maximum atomic E-state index is 12.6. The number of phosphoric ester groups is 1. The number of ether oxygens (including phenoxy) is 3. The molecule has 1 fully saturated rings. The monoisotopic (exact) mass is 463 g/mol. The molecule has 0 amide bonds. The van der Waals surface area contributed by atoms with Crippen molar-refractivity contribution >= 4 is 13.6 Å². The molecule has 1 aliphatic rings. The second-order valence-corrected chi connectivity index (χ2v) is 9.57. The molecule has 3 unspecified atom stereocenters. The van der Waals surface area contributed by atoms with Gasteiger partial charge < -0.3 is 24.8 Å². The first-order valence-electron chi connectivity index (χ1n) is 10.3. The summed E-state index contributed by atoms with van der Waals surface area (Å²) in [7, 11) is -2.89. The smallest absolute Gasteiger partial charge is 0.383 e. The Bertz CT molecular complexity index is 831. The number of anilines is 1. The first-order valence-corrected chi connectivity index (χ1v) is 11.8. The van der Waals surface area contributed by atoms with Crippen LogP contribution in [0, 0.1) is 12.8 Å². The van der Waals surface area contributed by atoms with Crippen molar-refractivity contribution in [2.75, 3.05) is 26.1 Å². The minimum Gasteiger partial charge on any atom is -0.383 e. The minimum absolute atomic E-state index is 0.118. The topological polar surface area (TPSA) is 144 Å². The van der Waals surface area contributed by atoms with Crippen molar-refractivity contribution < 1.29 is 32.7 Å². The van der Waals surface area contributed by atoms with E-state index in [1.807, 2.05) is 13.8 Å². The molecule has 1 aromatic rings. The van der Waals surface area contributed by atoms with E-state index in [0.29, 0.717) is 12.0 Å². The highest BCUT2D eigenvalue weighted by Crippen LogP contribution is 2.50. The number of phosphoric acid groups is 1. The van der Waals surface area contributed by atoms with E-state index in [1.165, 1.54) is 17.9 Å². The van der Waals surface area contributed by atoms with Crippen LogP contribution in [0.15, 0.2) is 11.0 Å². The summed E-state index contributed by atoms with van der Waals surface area (Å²) in [4.78, 5) is 26.6. The van der Waals surface area contributed by atoms with E-state index in [1.54, 1.807) is 20.8 Å². The first kappa shape index (κ1) is 25.9. The first-order chi connectivity index (χ1) is 14.4. The molecule has 0 spiro atoms. The number of aromatic nitrogens is 2. The van der Waals surface area contributed by atoms with Crippen LogP contribution in [0.3, 0.4) is 0 Å². The lowest BCUT2D eigenvalue weighted by Gasteiger charge is -2.27. The molecule has 0 saturated carbocycles. The number of hydrogen-bond donors (Lipinski definition) is 2. The Morgan fingerprint density at radius 3 is 2.55 bits per heavy atom. The normalized spacial score (nSPS) is 26.0. The predicted molar refractivity (Wildman–Crippen MR) is 114 cm³/mol. The van der Waals surface area contributed by atoms with Gasteiger partial charge in [0.1, 0.15) is 18.0 Å². The highest BCUT2D eigenvalue weighted by atomic mass is 31.2. The van der Waals surface area contributed by atoms with Crippen molar-refractivity contribution in [2.24, 2.45) is 5.92 Å². The maximum absolute atomic E-state index is 12.6. The third-order valence-corrected chi connectivity index (χ3v) is 5.83. The average molecular weight is 463 g/mol. The van der Waals surface area contributed by atoms with Crippen molar-refractivity contribution in [3.05, 3.63) is 22.2 Å². The van der Waals surface area contributed by atoms with Gasteiger partial charge in [0.15, 0.2) is 6.23 Å². The lowest BCUT2D eigenvalue weighted by molar-refractivity contribution is -0.0803. The highest BCUT2D eigenvalue weighted by molar-refractivity contribution is 7.47. The zero-order valence-corrected chi connectivity index (χ0v) is 19.8. The molecule has 31 heavy (non-hydrogen) atoms. The summed E-state index contributed by atoms with van der Waals surface area (Å²) in [5.74, 6) is 0.300. The number of nitrogens with zero attached hydrogens (tertiary/aromatic N) is 2. The SMILES string of the molecule is COCCOC1C(OP(=O)(O)OC(C)C)[C@@H](CC(C)C)O[C@H]1n1cc(C)c(N)nc1=O. The van der Waals surface area contributed by atoms with E-state index in [9.17, 15) is 14.3 Å². The van der Waals surface area contributed by atoms with E-state index in [2.05, 4.69) is 4.98 Å². The van der Waals surface area contributed by atoms with Gasteiger partial charge in [-0.05, 0) is 33.1 Å². The second-order valence-electron chi connectivity index (χ2n) is 8.21. The molecular weight excluding hydrogens is 429 g/mol. The summed E-state index contributed by atoms with van der Waals surface area (Å²) < 4.78 is 41.6. The van der Waals surface area contributed by atoms with Crippen LogP contribution in [0.25, 0.3) is 0 Å². The fourth-order valence-electron chi connectivity index (χ4n) is 3.36. The van der Waals surface area contributed by atoms with Gasteiger partial charge in [0.25, 0.3) is 0 Å². The summed E-state index contributed by atoms with van der Waals surface area (Å²) >= 11 is 0. The highest BCUT2D eigenvalue weighted by Gasteiger charge is 2.50. The van der Waals surface area contributed by atoms with Crippen LogP contribution in [-0.2, 0) is 27.8 Å². The van der Waals surface area contributed by atoms with E-state index in [0.717, 1.165) is 0 Å². The largest absolute Gasteiger partial charge is 0.472 e. The van der Waals surface area contributed by atoms with Gasteiger partial charge in [-0.1, -0.05) is 13.8 Å². The molecule has 1 saturated heterocycles. The van der Waals surface area contributed by atoms with Crippen molar-refractivity contribution in [1.82, 2.24) is 9.55 Å². The molecule has 0 aromatic carbocycles. The molecule has 1 aromatic heterocycles. The van der Waals surface area contributed by atoms with Crippen molar-refractivity contribution in [3.8, 4) is 0 Å². The van der Waals surface area contributed by atoms with Gasteiger partial charge in [0.2, 0.25) is 0 Å². The van der Waals surface area contributed by atoms with Crippen LogP contribution in [-0.4, -0.2) is 59.2 Å². The molecule has 2 heterocycles. The lowest BCUT2D eigenvalue weighted by atomic mass is 10.0. The quantitative estimate of drug-likeness (QED) is 0.369. The van der Waals surface area contributed by atoms with Crippen molar-refractivity contribution in [2.45, 2.75) is 71.7 Å². The third kappa shape index (κ3) is 7.08. The van der Waals surface area contributed by atoms with Gasteiger partial charge in [-0.3, -0.25) is 13.6 Å². The Morgan fingerprint density at radius 2 is 1.97 bits per heavy atom. The number of rotatable bonds is 11. The number of hydrogen-bond acceptors (Lipinski definition) is 9. The van der Waals surface area contributed by atoms with Gasteiger partial charge >= 0.3 is 13.5 Å². The van der Waals surface area contributed by atoms with Crippen molar-refractivity contribution in [3.63, 3.8) is 0 Å². The molecule has 2 rings (SSSR count). The summed E-state index contributed by atoms with van der Waals surface area (Å²) in [5, 5.41) is 0. The Kier molecular flexibility index (Phi) is 9.20. The fraction of sp³-hybridized carbons (Fsp3) is 0.789. The standard InChI is InChI=1S/C19H34N3O8P/c1-11(2)9-14-15(30-31(24,25)29-12(3)4)16(27-8-7-26-6)18(28-14)22-10-13(5)17(20)21-19(22)23/h10-12,14-16,18H,7-9H2,1-6H3,(H,24,25)(H2,20,21,23)/t14-,15?,16?,18-/m1/s1. The van der Waals surface area contributed by atoms with Crippen LogP contribution in [0.4, 0.5) is 5.82 Å². The van der Waals surface area contributed by atoms with Crippen LogP contribution in [0.2, 0.25) is 0 Å². The summed E-state index contributed by atoms with van der Waals surface area (Å²) in [6, 6.07) is 0. The maximum Gasteiger partial charge on any atom is 0.472 e. The molecule has 0 radical (unpaired) electrons. The van der Waals surface area contributed by atoms with Crippen LogP contribution in [0.1, 0.15) is 45.9 Å². The molecule has 178 valence electrons. The third-order valence-electron chi connectivity index (χ3n) is 4.63. The molecule has 11 nitrogen and oxygen atoms in total. The second kappa shape index (κ2) is 11.0. The van der Waals surface area contributed by atoms with E-state index in [4.69, 9.17) is 29.0 Å². The summed E-state index contributed by atoms with van der Waals surface area (Å²) in [5.41, 5.74) is 5.71. The van der Waals surface area contributed by atoms with Gasteiger partial charge in [-0.2, -0.15) is 4.98 Å². The van der Waals surface area contributed by atoms with Gasteiger partial charge in [-0.25, -0.2) is 9.36 Å². The zero-order chi connectivity index (χ0) is 23.3. The average Bonchev–Trinajstić information content (AvgIpc) is 2.93. The number of nitrogens with two attached hydrogens (primary N) is 1. The molecule has 12 heteroatoms. The van der Waals surface area contributed by atoms with E-state index >= 15 is 0 Å². The predicted octanol–water partition coefficient (Wildman–Crippen LogP) is 2.02. The zero-order valence-electron chi connectivity index (χ0n) is 18.9. The fourth-order valence-corrected chi connectivity index (χ4v) is 4.51. The number of methoxy groups -OCH3 is 1. The molecule has 5 atom stereocenters. The van der Waals surface area contributed by atoms with E-state index < -0.39 is 44.2 Å². The van der Waals surface area contributed by atoms with E-state index in [-0.39, 0.29) is 24.9 Å². The molecule has 0 aliphatic carbocycles. The molecular formula is C19H34N3O8P. The molecule has 3 N–H and O–H groups in total. The van der Waals surface area contributed by atoms with Gasteiger partial charge in [0, 0.05) is 18.9 Å². The lowest BCUT2D eigenvalue weighted by Crippen LogP contribution is -2.40.